The van der Waals surface area contributed by atoms with Crippen molar-refractivity contribution in [3.05, 3.63) is 12.7 Å². The fourth-order valence-corrected chi connectivity index (χ4v) is 0.536. The molecular formula is C8H13NO2. The first-order chi connectivity index (χ1) is 5.35. The van der Waals surface area contributed by atoms with Crippen LogP contribution in [0.5, 0.6) is 0 Å². The molecule has 0 fully saturated rings. The highest BCUT2D eigenvalue weighted by molar-refractivity contribution is 4.97. The largest absolute Gasteiger partial charge is 0.379 e. The van der Waals surface area contributed by atoms with Crippen LogP contribution in [0.1, 0.15) is 6.92 Å². The highest BCUT2D eigenvalue weighted by Crippen LogP contribution is 1.90. The summed E-state index contributed by atoms with van der Waals surface area (Å²) in [5.74, 6) is 0. The van der Waals surface area contributed by atoms with Crippen LogP contribution >= 0.6 is 0 Å². The molecule has 1 atom stereocenters. The Balaban J connectivity index is 3.23. The van der Waals surface area contributed by atoms with E-state index in [0.717, 1.165) is 0 Å². The zero-order valence-electron chi connectivity index (χ0n) is 6.75. The minimum atomic E-state index is -0.504. The molecule has 0 aliphatic heterocycles. The summed E-state index contributed by atoms with van der Waals surface area (Å²) in [7, 11) is 0. The van der Waals surface area contributed by atoms with Crippen molar-refractivity contribution < 1.29 is 9.47 Å². The normalized spacial score (nSPS) is 12.0. The second-order valence-corrected chi connectivity index (χ2v) is 1.85. The van der Waals surface area contributed by atoms with Gasteiger partial charge < -0.3 is 9.47 Å². The average molecular weight is 155 g/mol. The number of hydrogen-bond donors (Lipinski definition) is 0. The van der Waals surface area contributed by atoms with E-state index in [1.165, 1.54) is 6.08 Å². The van der Waals surface area contributed by atoms with Crippen LogP contribution < -0.4 is 0 Å². The maximum absolute atomic E-state index is 8.40. The number of nitriles is 1. The van der Waals surface area contributed by atoms with Crippen LogP contribution in [-0.4, -0.2) is 25.9 Å². The minimum Gasteiger partial charge on any atom is -0.379 e. The van der Waals surface area contributed by atoms with Crippen molar-refractivity contribution in [2.24, 2.45) is 0 Å². The standard InChI is InChI=1S/C8H13NO2/c1-3-8(7-9)11-6-5-10-4-2/h3,8H,1,4-6H2,2H3. The summed E-state index contributed by atoms with van der Waals surface area (Å²) >= 11 is 0. The van der Waals surface area contributed by atoms with Gasteiger partial charge in [-0.15, -0.1) is 0 Å². The molecule has 0 aromatic rings. The summed E-state index contributed by atoms with van der Waals surface area (Å²) in [6, 6.07) is 1.93. The SMILES string of the molecule is C=CC(C#N)OCCOCC. The van der Waals surface area contributed by atoms with Crippen LogP contribution in [0, 0.1) is 11.3 Å². The van der Waals surface area contributed by atoms with Crippen LogP contribution in [-0.2, 0) is 9.47 Å². The van der Waals surface area contributed by atoms with E-state index in [9.17, 15) is 0 Å². The summed E-state index contributed by atoms with van der Waals surface area (Å²) < 4.78 is 10.0. The summed E-state index contributed by atoms with van der Waals surface area (Å²) in [6.07, 6.45) is 0.960. The maximum atomic E-state index is 8.40. The van der Waals surface area contributed by atoms with Crippen molar-refractivity contribution in [2.75, 3.05) is 19.8 Å². The van der Waals surface area contributed by atoms with E-state index in [-0.39, 0.29) is 0 Å². The first-order valence-electron chi connectivity index (χ1n) is 3.56. The molecule has 0 N–H and O–H groups in total. The second-order valence-electron chi connectivity index (χ2n) is 1.85. The van der Waals surface area contributed by atoms with Gasteiger partial charge in [0.05, 0.1) is 19.3 Å². The van der Waals surface area contributed by atoms with Gasteiger partial charge in [0.1, 0.15) is 0 Å². The monoisotopic (exact) mass is 155 g/mol. The van der Waals surface area contributed by atoms with E-state index >= 15 is 0 Å². The van der Waals surface area contributed by atoms with Crippen LogP contribution in [0.3, 0.4) is 0 Å². The molecule has 0 aromatic carbocycles. The third-order valence-electron chi connectivity index (χ3n) is 1.07. The zero-order valence-corrected chi connectivity index (χ0v) is 6.75. The number of rotatable bonds is 6. The highest BCUT2D eigenvalue weighted by atomic mass is 16.5. The second kappa shape index (κ2) is 7.26. The Morgan fingerprint density at radius 1 is 1.64 bits per heavy atom. The molecule has 11 heavy (non-hydrogen) atoms. The topological polar surface area (TPSA) is 42.2 Å². The Morgan fingerprint density at radius 3 is 2.82 bits per heavy atom. The van der Waals surface area contributed by atoms with E-state index < -0.39 is 6.10 Å². The smallest absolute Gasteiger partial charge is 0.162 e. The Hall–Kier alpha value is -0.850. The molecule has 0 aliphatic rings. The lowest BCUT2D eigenvalue weighted by Crippen LogP contribution is -2.11. The van der Waals surface area contributed by atoms with E-state index in [1.807, 2.05) is 13.0 Å². The molecule has 0 saturated heterocycles. The summed E-state index contributed by atoms with van der Waals surface area (Å²) in [5.41, 5.74) is 0. The van der Waals surface area contributed by atoms with Gasteiger partial charge in [-0.3, -0.25) is 0 Å². The zero-order chi connectivity index (χ0) is 8.53. The van der Waals surface area contributed by atoms with Gasteiger partial charge >= 0.3 is 0 Å². The van der Waals surface area contributed by atoms with E-state index in [4.69, 9.17) is 14.7 Å². The summed E-state index contributed by atoms with van der Waals surface area (Å²) in [6.45, 7) is 7.00. The van der Waals surface area contributed by atoms with Gasteiger partial charge in [0.25, 0.3) is 0 Å². The molecule has 0 bridgehead atoms. The lowest BCUT2D eigenvalue weighted by molar-refractivity contribution is 0.0451. The Labute approximate surface area is 67.2 Å². The average Bonchev–Trinajstić information content (AvgIpc) is 2.05. The lowest BCUT2D eigenvalue weighted by Gasteiger charge is -2.05. The molecule has 0 rings (SSSR count). The molecule has 3 heteroatoms. The fraction of sp³-hybridized carbons (Fsp3) is 0.625. The molecule has 0 heterocycles. The maximum Gasteiger partial charge on any atom is 0.162 e. The molecule has 0 amide bonds. The first-order valence-corrected chi connectivity index (χ1v) is 3.56. The van der Waals surface area contributed by atoms with Gasteiger partial charge in [-0.05, 0) is 13.0 Å². The summed E-state index contributed by atoms with van der Waals surface area (Å²) in [4.78, 5) is 0. The molecule has 0 aliphatic carbocycles. The van der Waals surface area contributed by atoms with Gasteiger partial charge in [-0.2, -0.15) is 5.26 Å². The molecule has 0 aromatic heterocycles. The first kappa shape index (κ1) is 10.2. The van der Waals surface area contributed by atoms with Gasteiger partial charge in [-0.25, -0.2) is 0 Å². The fourth-order valence-electron chi connectivity index (χ4n) is 0.536. The molecule has 0 saturated carbocycles. The highest BCUT2D eigenvalue weighted by Gasteiger charge is 1.99. The number of hydrogen-bond acceptors (Lipinski definition) is 3. The van der Waals surface area contributed by atoms with Crippen LogP contribution in [0.15, 0.2) is 12.7 Å². The Bertz CT molecular complexity index is 140. The molecule has 3 nitrogen and oxygen atoms in total. The van der Waals surface area contributed by atoms with Crippen LogP contribution in [0.4, 0.5) is 0 Å². The minimum absolute atomic E-state index is 0.443. The summed E-state index contributed by atoms with van der Waals surface area (Å²) in [5, 5.41) is 8.40. The van der Waals surface area contributed by atoms with Gasteiger partial charge in [0.2, 0.25) is 0 Å². The van der Waals surface area contributed by atoms with E-state index in [2.05, 4.69) is 6.58 Å². The molecule has 62 valence electrons. The molecule has 0 spiro atoms. The van der Waals surface area contributed by atoms with Crippen molar-refractivity contribution in [1.82, 2.24) is 0 Å². The third-order valence-corrected chi connectivity index (χ3v) is 1.07. The van der Waals surface area contributed by atoms with Gasteiger partial charge in [0, 0.05) is 6.61 Å². The van der Waals surface area contributed by atoms with Gasteiger partial charge in [0.15, 0.2) is 6.10 Å². The molecular weight excluding hydrogens is 142 g/mol. The van der Waals surface area contributed by atoms with Crippen LogP contribution in [0.2, 0.25) is 0 Å². The Kier molecular flexibility index (Phi) is 6.70. The van der Waals surface area contributed by atoms with Crippen molar-refractivity contribution in [2.45, 2.75) is 13.0 Å². The predicted molar refractivity (Wildman–Crippen MR) is 42.0 cm³/mol. The number of ether oxygens (including phenoxy) is 2. The van der Waals surface area contributed by atoms with Crippen molar-refractivity contribution in [3.63, 3.8) is 0 Å². The molecule has 1 unspecified atom stereocenters. The van der Waals surface area contributed by atoms with Crippen LogP contribution in [0.25, 0.3) is 0 Å². The van der Waals surface area contributed by atoms with E-state index in [1.54, 1.807) is 0 Å². The quantitative estimate of drug-likeness (QED) is 0.426. The third kappa shape index (κ3) is 5.59. The number of nitrogens with zero attached hydrogens (tertiary/aromatic N) is 1. The molecule has 0 radical (unpaired) electrons. The lowest BCUT2D eigenvalue weighted by atomic mass is 10.4. The van der Waals surface area contributed by atoms with Crippen molar-refractivity contribution >= 4 is 0 Å². The van der Waals surface area contributed by atoms with E-state index in [0.29, 0.717) is 19.8 Å². The Morgan fingerprint density at radius 2 is 2.36 bits per heavy atom. The van der Waals surface area contributed by atoms with Crippen molar-refractivity contribution in [3.8, 4) is 6.07 Å². The van der Waals surface area contributed by atoms with Crippen molar-refractivity contribution in [1.29, 1.82) is 5.26 Å². The predicted octanol–water partition coefficient (Wildman–Crippen LogP) is 1.12. The van der Waals surface area contributed by atoms with Gasteiger partial charge in [-0.1, -0.05) is 6.58 Å².